The number of H-pyrrole nitrogens is 1. The summed E-state index contributed by atoms with van der Waals surface area (Å²) in [7, 11) is 0. The number of aromatic amines is 1. The molecule has 0 fully saturated rings. The maximum atomic E-state index is 11.2. The average Bonchev–Trinajstić information content (AvgIpc) is 2.83. The van der Waals surface area contributed by atoms with E-state index in [0.717, 1.165) is 0 Å². The van der Waals surface area contributed by atoms with Gasteiger partial charge in [-0.2, -0.15) is 0 Å². The molecule has 0 aromatic carbocycles. The molecule has 10 heteroatoms. The highest BCUT2D eigenvalue weighted by atomic mass is 16.4. The van der Waals surface area contributed by atoms with Crippen LogP contribution in [0, 0.1) is 0 Å². The molecular weight excluding hydrogens is 254 g/mol. The molecule has 0 aliphatic carbocycles. The van der Waals surface area contributed by atoms with Crippen LogP contribution < -0.4 is 16.6 Å². The summed E-state index contributed by atoms with van der Waals surface area (Å²) in [6, 6.07) is 0. The van der Waals surface area contributed by atoms with Crippen LogP contribution in [0.1, 0.15) is 10.5 Å². The first kappa shape index (κ1) is 12.5. The Balaban J connectivity index is 1.94. The maximum absolute atomic E-state index is 11.2. The summed E-state index contributed by atoms with van der Waals surface area (Å²) in [6.07, 6.45) is 2.54. The molecule has 19 heavy (non-hydrogen) atoms. The van der Waals surface area contributed by atoms with Crippen LogP contribution in [-0.2, 0) is 6.54 Å². The number of aromatic nitrogens is 5. The highest BCUT2D eigenvalue weighted by Gasteiger charge is 2.08. The first-order valence-corrected chi connectivity index (χ1v) is 5.28. The zero-order valence-corrected chi connectivity index (χ0v) is 9.70. The van der Waals surface area contributed by atoms with E-state index >= 15 is 0 Å². The molecule has 5 N–H and O–H groups in total. The third-order valence-corrected chi connectivity index (χ3v) is 2.28. The molecule has 2 heterocycles. The van der Waals surface area contributed by atoms with Gasteiger partial charge in [0.2, 0.25) is 0 Å². The summed E-state index contributed by atoms with van der Waals surface area (Å²) < 4.78 is 1.36. The van der Waals surface area contributed by atoms with E-state index in [2.05, 4.69) is 25.6 Å². The van der Waals surface area contributed by atoms with Gasteiger partial charge in [0.05, 0.1) is 19.1 Å². The number of hydrogen-bond acceptors (Lipinski definition) is 7. The normalized spacial score (nSPS) is 10.3. The van der Waals surface area contributed by atoms with Gasteiger partial charge in [0.25, 0.3) is 5.56 Å². The van der Waals surface area contributed by atoms with E-state index in [0.29, 0.717) is 13.1 Å². The Bertz CT molecular complexity index is 647. The van der Waals surface area contributed by atoms with Gasteiger partial charge in [-0.1, -0.05) is 5.21 Å². The number of aromatic carboxylic acids is 1. The number of nitrogens with one attached hydrogen (secondary N) is 2. The minimum absolute atomic E-state index is 0.00712. The van der Waals surface area contributed by atoms with E-state index in [1.54, 1.807) is 0 Å². The monoisotopic (exact) mass is 265 g/mol. The van der Waals surface area contributed by atoms with Crippen LogP contribution in [0.3, 0.4) is 0 Å². The molecule has 2 aromatic heterocycles. The van der Waals surface area contributed by atoms with Crippen molar-refractivity contribution in [1.82, 2.24) is 25.0 Å². The zero-order chi connectivity index (χ0) is 13.8. The topological polar surface area (TPSA) is 152 Å². The number of nitrogens with zero attached hydrogens (tertiary/aromatic N) is 4. The fourth-order valence-electron chi connectivity index (χ4n) is 1.35. The molecule has 0 atom stereocenters. The Morgan fingerprint density at radius 2 is 2.37 bits per heavy atom. The Morgan fingerprint density at radius 1 is 1.58 bits per heavy atom. The molecular formula is C9H11N7O3. The molecule has 0 saturated heterocycles. The summed E-state index contributed by atoms with van der Waals surface area (Å²) in [6.45, 7) is 0.720. The van der Waals surface area contributed by atoms with Crippen molar-refractivity contribution in [2.45, 2.75) is 6.54 Å². The largest absolute Gasteiger partial charge is 0.476 e. The number of rotatable bonds is 5. The van der Waals surface area contributed by atoms with Gasteiger partial charge >= 0.3 is 5.97 Å². The zero-order valence-electron chi connectivity index (χ0n) is 9.70. The molecule has 100 valence electrons. The molecule has 0 bridgehead atoms. The van der Waals surface area contributed by atoms with Gasteiger partial charge in [-0.3, -0.25) is 4.79 Å². The van der Waals surface area contributed by atoms with Gasteiger partial charge in [-0.25, -0.2) is 14.5 Å². The lowest BCUT2D eigenvalue weighted by Crippen LogP contribution is -2.18. The Morgan fingerprint density at radius 3 is 3.05 bits per heavy atom. The Labute approximate surface area is 106 Å². The minimum Gasteiger partial charge on any atom is -0.476 e. The molecule has 0 saturated carbocycles. The van der Waals surface area contributed by atoms with Crippen molar-refractivity contribution in [1.29, 1.82) is 0 Å². The van der Waals surface area contributed by atoms with Crippen LogP contribution in [-0.4, -0.2) is 42.6 Å². The third-order valence-electron chi connectivity index (χ3n) is 2.28. The molecule has 0 spiro atoms. The van der Waals surface area contributed by atoms with E-state index in [9.17, 15) is 9.59 Å². The Hall–Kier alpha value is -2.91. The van der Waals surface area contributed by atoms with Crippen molar-refractivity contribution in [2.24, 2.45) is 0 Å². The van der Waals surface area contributed by atoms with Crippen LogP contribution in [0.4, 0.5) is 11.5 Å². The van der Waals surface area contributed by atoms with E-state index in [1.165, 1.54) is 17.2 Å². The van der Waals surface area contributed by atoms with Crippen LogP contribution in [0.2, 0.25) is 0 Å². The summed E-state index contributed by atoms with van der Waals surface area (Å²) in [5, 5.41) is 18.6. The van der Waals surface area contributed by atoms with Crippen molar-refractivity contribution in [3.63, 3.8) is 0 Å². The third kappa shape index (κ3) is 2.86. The van der Waals surface area contributed by atoms with Crippen LogP contribution in [0.5, 0.6) is 0 Å². The van der Waals surface area contributed by atoms with Crippen molar-refractivity contribution in [2.75, 3.05) is 17.6 Å². The van der Waals surface area contributed by atoms with Crippen LogP contribution in [0.15, 0.2) is 17.3 Å². The van der Waals surface area contributed by atoms with Gasteiger partial charge in [-0.05, 0) is 0 Å². The summed E-state index contributed by atoms with van der Waals surface area (Å²) in [5.41, 5.74) is 4.96. The molecule has 0 radical (unpaired) electrons. The lowest BCUT2D eigenvalue weighted by atomic mass is 10.4. The van der Waals surface area contributed by atoms with Crippen molar-refractivity contribution < 1.29 is 9.90 Å². The van der Waals surface area contributed by atoms with Gasteiger partial charge in [-0.15, -0.1) is 5.10 Å². The SMILES string of the molecule is Nc1c(NCCn2cc(C(=O)O)nn2)nc[nH]c1=O. The second kappa shape index (κ2) is 5.16. The highest BCUT2D eigenvalue weighted by Crippen LogP contribution is 2.06. The number of hydrogen-bond donors (Lipinski definition) is 4. The van der Waals surface area contributed by atoms with E-state index < -0.39 is 11.5 Å². The smallest absolute Gasteiger partial charge is 0.358 e. The quantitative estimate of drug-likeness (QED) is 0.523. The lowest BCUT2D eigenvalue weighted by molar-refractivity contribution is 0.0690. The van der Waals surface area contributed by atoms with Gasteiger partial charge in [0.1, 0.15) is 5.69 Å². The van der Waals surface area contributed by atoms with Crippen molar-refractivity contribution in [3.8, 4) is 0 Å². The summed E-state index contributed by atoms with van der Waals surface area (Å²) in [5.74, 6) is -0.873. The summed E-state index contributed by atoms with van der Waals surface area (Å²) >= 11 is 0. The van der Waals surface area contributed by atoms with Crippen LogP contribution >= 0.6 is 0 Å². The van der Waals surface area contributed by atoms with E-state index in [4.69, 9.17) is 10.8 Å². The van der Waals surface area contributed by atoms with Crippen molar-refractivity contribution in [3.05, 3.63) is 28.6 Å². The standard InChI is InChI=1S/C9H11N7O3/c10-6-7(12-4-13-8(6)17)11-1-2-16-3-5(9(18)19)14-15-16/h3-4H,1-2,10H2,(H,18,19)(H2,11,12,13,17). The minimum atomic E-state index is -1.14. The predicted octanol–water partition coefficient (Wildman–Crippen LogP) is -1.25. The Kier molecular flexibility index (Phi) is 3.41. The van der Waals surface area contributed by atoms with Crippen LogP contribution in [0.25, 0.3) is 0 Å². The number of nitrogens with two attached hydrogens (primary N) is 1. The number of carboxylic acids is 1. The molecule has 10 nitrogen and oxygen atoms in total. The van der Waals surface area contributed by atoms with Gasteiger partial charge in [0, 0.05) is 6.54 Å². The average molecular weight is 265 g/mol. The lowest BCUT2D eigenvalue weighted by Gasteiger charge is -2.06. The van der Waals surface area contributed by atoms with Gasteiger partial charge < -0.3 is 21.1 Å². The van der Waals surface area contributed by atoms with E-state index in [1.807, 2.05) is 0 Å². The molecule has 0 amide bonds. The predicted molar refractivity (Wildman–Crippen MR) is 64.7 cm³/mol. The maximum Gasteiger partial charge on any atom is 0.358 e. The summed E-state index contributed by atoms with van der Waals surface area (Å²) in [4.78, 5) is 28.0. The highest BCUT2D eigenvalue weighted by molar-refractivity contribution is 5.84. The fraction of sp³-hybridized carbons (Fsp3) is 0.222. The second-order valence-electron chi connectivity index (χ2n) is 3.59. The number of carboxylic acid groups (broad SMARTS) is 1. The molecule has 0 aliphatic rings. The molecule has 0 unspecified atom stereocenters. The number of carbonyl (C=O) groups is 1. The molecule has 0 aliphatic heterocycles. The fourth-order valence-corrected chi connectivity index (χ4v) is 1.35. The van der Waals surface area contributed by atoms with Gasteiger partial charge in [0.15, 0.2) is 11.5 Å². The number of anilines is 2. The first-order chi connectivity index (χ1) is 9.08. The molecule has 2 aromatic rings. The second-order valence-corrected chi connectivity index (χ2v) is 3.59. The number of nitrogen functional groups attached to an aromatic ring is 1. The molecule has 2 rings (SSSR count). The van der Waals surface area contributed by atoms with Crippen molar-refractivity contribution >= 4 is 17.5 Å². The van der Waals surface area contributed by atoms with E-state index in [-0.39, 0.29) is 17.2 Å². The first-order valence-electron chi connectivity index (χ1n) is 5.28.